The number of benzene rings is 2. The van der Waals surface area contributed by atoms with Crippen molar-refractivity contribution in [1.29, 1.82) is 0 Å². The maximum Gasteiger partial charge on any atom is 0.243 e. The van der Waals surface area contributed by atoms with Crippen LogP contribution < -0.4 is 5.32 Å². The number of halogens is 1. The molecule has 29 heavy (non-hydrogen) atoms. The zero-order valence-electron chi connectivity index (χ0n) is 15.5. The number of fused-ring (bicyclic) bond motifs is 1. The minimum atomic E-state index is -3.61. The standard InChI is InChI=1S/C20H20FN3O4S/c21-14-6-7-16-17(13-19(25)22-18(16)12-14)20(26)23-8-10-24(11-9-23)29(27,28)15-4-2-1-3-5-15/h1-7,12,17H,8-11,13H2,(H,22,25)/t17-/m1/s1. The van der Waals surface area contributed by atoms with E-state index in [2.05, 4.69) is 5.32 Å². The molecule has 0 aromatic heterocycles. The van der Waals surface area contributed by atoms with Gasteiger partial charge in [0.2, 0.25) is 21.8 Å². The van der Waals surface area contributed by atoms with Crippen LogP contribution >= 0.6 is 0 Å². The van der Waals surface area contributed by atoms with Crippen LogP contribution in [0.25, 0.3) is 0 Å². The van der Waals surface area contributed by atoms with Gasteiger partial charge in [-0.05, 0) is 29.8 Å². The summed E-state index contributed by atoms with van der Waals surface area (Å²) in [7, 11) is -3.61. The normalized spacial score (nSPS) is 20.1. The molecular weight excluding hydrogens is 397 g/mol. The van der Waals surface area contributed by atoms with Crippen molar-refractivity contribution < 1.29 is 22.4 Å². The molecule has 0 aliphatic carbocycles. The smallest absolute Gasteiger partial charge is 0.243 e. The number of carbonyl (C=O) groups is 2. The summed E-state index contributed by atoms with van der Waals surface area (Å²) >= 11 is 0. The number of carbonyl (C=O) groups excluding carboxylic acids is 2. The Morgan fingerprint density at radius 3 is 2.41 bits per heavy atom. The SMILES string of the molecule is O=C1C[C@@H](C(=O)N2CCN(S(=O)(=O)c3ccccc3)CC2)c2ccc(F)cc2N1. The van der Waals surface area contributed by atoms with E-state index in [9.17, 15) is 22.4 Å². The molecule has 2 aliphatic rings. The Labute approximate surface area is 168 Å². The summed E-state index contributed by atoms with van der Waals surface area (Å²) in [5.74, 6) is -1.77. The molecule has 2 aromatic rings. The van der Waals surface area contributed by atoms with Crippen molar-refractivity contribution in [3.8, 4) is 0 Å². The van der Waals surface area contributed by atoms with Crippen molar-refractivity contribution in [2.45, 2.75) is 17.2 Å². The van der Waals surface area contributed by atoms with Crippen molar-refractivity contribution in [1.82, 2.24) is 9.21 Å². The molecule has 0 bridgehead atoms. The van der Waals surface area contributed by atoms with Crippen molar-refractivity contribution in [3.05, 3.63) is 59.9 Å². The van der Waals surface area contributed by atoms with Gasteiger partial charge in [0.1, 0.15) is 5.82 Å². The van der Waals surface area contributed by atoms with Gasteiger partial charge in [0.25, 0.3) is 0 Å². The lowest BCUT2D eigenvalue weighted by molar-refractivity contribution is -0.136. The lowest BCUT2D eigenvalue weighted by Gasteiger charge is -2.36. The molecule has 4 rings (SSSR count). The van der Waals surface area contributed by atoms with E-state index in [4.69, 9.17) is 0 Å². The highest BCUT2D eigenvalue weighted by molar-refractivity contribution is 7.89. The van der Waals surface area contributed by atoms with E-state index in [1.54, 1.807) is 35.2 Å². The third-order valence-electron chi connectivity index (χ3n) is 5.28. The molecule has 1 fully saturated rings. The average Bonchev–Trinajstić information content (AvgIpc) is 2.73. The molecular formula is C20H20FN3O4S. The molecule has 9 heteroatoms. The van der Waals surface area contributed by atoms with Crippen molar-refractivity contribution in [3.63, 3.8) is 0 Å². The van der Waals surface area contributed by atoms with Crippen LogP contribution in [0.1, 0.15) is 17.9 Å². The summed E-state index contributed by atoms with van der Waals surface area (Å²) in [6, 6.07) is 12.2. The monoisotopic (exact) mass is 417 g/mol. The Morgan fingerprint density at radius 1 is 1.03 bits per heavy atom. The van der Waals surface area contributed by atoms with E-state index in [1.807, 2.05) is 0 Å². The molecule has 0 saturated carbocycles. The van der Waals surface area contributed by atoms with Crippen LogP contribution in [0.4, 0.5) is 10.1 Å². The minimum absolute atomic E-state index is 0.0139. The fourth-order valence-corrected chi connectivity index (χ4v) is 5.21. The van der Waals surface area contributed by atoms with E-state index in [0.717, 1.165) is 0 Å². The lowest BCUT2D eigenvalue weighted by atomic mass is 9.89. The molecule has 152 valence electrons. The fraction of sp³-hybridized carbons (Fsp3) is 0.300. The Morgan fingerprint density at radius 2 is 1.72 bits per heavy atom. The van der Waals surface area contributed by atoms with Crippen molar-refractivity contribution >= 4 is 27.5 Å². The Bertz CT molecular complexity index is 1050. The second-order valence-corrected chi connectivity index (χ2v) is 9.02. The third-order valence-corrected chi connectivity index (χ3v) is 7.20. The minimum Gasteiger partial charge on any atom is -0.340 e. The van der Waals surface area contributed by atoms with Crippen LogP contribution in [-0.4, -0.2) is 55.6 Å². The highest BCUT2D eigenvalue weighted by Gasteiger charge is 2.36. The number of hydrogen-bond acceptors (Lipinski definition) is 4. The summed E-state index contributed by atoms with van der Waals surface area (Å²) in [5, 5.41) is 2.60. The number of nitrogens with zero attached hydrogens (tertiary/aromatic N) is 2. The van der Waals surface area contributed by atoms with Crippen molar-refractivity contribution in [2.24, 2.45) is 0 Å². The molecule has 0 spiro atoms. The second-order valence-electron chi connectivity index (χ2n) is 7.08. The van der Waals surface area contributed by atoms with Crippen LogP contribution in [-0.2, 0) is 19.6 Å². The Hall–Kier alpha value is -2.78. The molecule has 0 radical (unpaired) electrons. The van der Waals surface area contributed by atoms with E-state index < -0.39 is 21.8 Å². The second kappa shape index (κ2) is 7.57. The van der Waals surface area contributed by atoms with Gasteiger partial charge in [-0.25, -0.2) is 12.8 Å². The maximum absolute atomic E-state index is 13.5. The molecule has 1 N–H and O–H groups in total. The van der Waals surface area contributed by atoms with Gasteiger partial charge >= 0.3 is 0 Å². The zero-order valence-corrected chi connectivity index (χ0v) is 16.4. The highest BCUT2D eigenvalue weighted by atomic mass is 32.2. The number of hydrogen-bond donors (Lipinski definition) is 1. The first-order valence-corrected chi connectivity index (χ1v) is 10.7. The Balaban J connectivity index is 1.48. The zero-order chi connectivity index (χ0) is 20.6. The molecule has 1 atom stereocenters. The predicted molar refractivity (Wildman–Crippen MR) is 104 cm³/mol. The van der Waals surface area contributed by atoms with Crippen LogP contribution in [0.5, 0.6) is 0 Å². The first-order valence-electron chi connectivity index (χ1n) is 9.29. The molecule has 2 aliphatic heterocycles. The first-order chi connectivity index (χ1) is 13.9. The summed E-state index contributed by atoms with van der Waals surface area (Å²) in [6.45, 7) is 0.829. The van der Waals surface area contributed by atoms with E-state index in [0.29, 0.717) is 11.3 Å². The van der Waals surface area contributed by atoms with E-state index >= 15 is 0 Å². The van der Waals surface area contributed by atoms with Gasteiger partial charge in [-0.15, -0.1) is 0 Å². The number of anilines is 1. The number of sulfonamides is 1. The lowest BCUT2D eigenvalue weighted by Crippen LogP contribution is -2.52. The van der Waals surface area contributed by atoms with Gasteiger partial charge in [-0.2, -0.15) is 4.31 Å². The van der Waals surface area contributed by atoms with E-state index in [1.165, 1.54) is 22.5 Å². The topological polar surface area (TPSA) is 86.8 Å². The summed E-state index contributed by atoms with van der Waals surface area (Å²) < 4.78 is 40.3. The largest absolute Gasteiger partial charge is 0.340 e. The summed E-state index contributed by atoms with van der Waals surface area (Å²) in [4.78, 5) is 26.8. The highest BCUT2D eigenvalue weighted by Crippen LogP contribution is 2.34. The van der Waals surface area contributed by atoms with Gasteiger partial charge in [0, 0.05) is 38.3 Å². The number of rotatable bonds is 3. The number of amides is 2. The summed E-state index contributed by atoms with van der Waals surface area (Å²) in [5.41, 5.74) is 0.889. The van der Waals surface area contributed by atoms with Crippen LogP contribution in [0.2, 0.25) is 0 Å². The maximum atomic E-state index is 13.5. The number of nitrogens with one attached hydrogen (secondary N) is 1. The van der Waals surface area contributed by atoms with Crippen LogP contribution in [0, 0.1) is 5.82 Å². The van der Waals surface area contributed by atoms with Gasteiger partial charge in [-0.3, -0.25) is 9.59 Å². The van der Waals surface area contributed by atoms with Gasteiger partial charge in [0.15, 0.2) is 0 Å². The quantitative estimate of drug-likeness (QED) is 0.825. The van der Waals surface area contributed by atoms with Gasteiger partial charge in [-0.1, -0.05) is 24.3 Å². The molecule has 2 heterocycles. The van der Waals surface area contributed by atoms with Crippen LogP contribution in [0.3, 0.4) is 0 Å². The molecule has 2 aromatic carbocycles. The number of piperazine rings is 1. The first kappa shape index (κ1) is 19.5. The third kappa shape index (κ3) is 3.75. The van der Waals surface area contributed by atoms with E-state index in [-0.39, 0.29) is 49.3 Å². The molecule has 7 nitrogen and oxygen atoms in total. The van der Waals surface area contributed by atoms with Crippen molar-refractivity contribution in [2.75, 3.05) is 31.5 Å². The van der Waals surface area contributed by atoms with Gasteiger partial charge < -0.3 is 10.2 Å². The predicted octanol–water partition coefficient (Wildman–Crippen LogP) is 1.78. The van der Waals surface area contributed by atoms with Gasteiger partial charge in [0.05, 0.1) is 10.8 Å². The molecule has 2 amide bonds. The Kier molecular flexibility index (Phi) is 5.10. The van der Waals surface area contributed by atoms with Crippen LogP contribution in [0.15, 0.2) is 53.4 Å². The molecule has 0 unspecified atom stereocenters. The summed E-state index contributed by atoms with van der Waals surface area (Å²) in [6.07, 6.45) is -0.0139. The fourth-order valence-electron chi connectivity index (χ4n) is 3.77. The average molecular weight is 417 g/mol. The molecule has 1 saturated heterocycles.